The molecule has 1 spiro atoms. The van der Waals surface area contributed by atoms with Gasteiger partial charge in [0.1, 0.15) is 5.75 Å². The molecule has 0 bridgehead atoms. The van der Waals surface area contributed by atoms with Crippen molar-refractivity contribution in [2.45, 2.75) is 44.4 Å². The van der Waals surface area contributed by atoms with Crippen molar-refractivity contribution < 1.29 is 14.2 Å². The highest BCUT2D eigenvalue weighted by Crippen LogP contribution is 2.37. The highest BCUT2D eigenvalue weighted by Gasteiger charge is 2.40. The van der Waals surface area contributed by atoms with Gasteiger partial charge >= 0.3 is 0 Å². The average Bonchev–Trinajstić information content (AvgIpc) is 2.90. The molecule has 1 aliphatic carbocycles. The van der Waals surface area contributed by atoms with Crippen LogP contribution in [0.2, 0.25) is 0 Å². The van der Waals surface area contributed by atoms with Crippen molar-refractivity contribution in [2.24, 2.45) is 0 Å². The van der Waals surface area contributed by atoms with Gasteiger partial charge in [-0.2, -0.15) is 0 Å². The fraction of sp³-hybridized carbons (Fsp3) is 0.625. The quantitative estimate of drug-likeness (QED) is 0.921. The average molecular weight is 277 g/mol. The van der Waals surface area contributed by atoms with Crippen molar-refractivity contribution in [3.05, 3.63) is 23.8 Å². The molecule has 110 valence electrons. The highest BCUT2D eigenvalue weighted by molar-refractivity contribution is 5.58. The predicted octanol–water partition coefficient (Wildman–Crippen LogP) is 3.10. The molecule has 1 aliphatic heterocycles. The van der Waals surface area contributed by atoms with Gasteiger partial charge < -0.3 is 19.5 Å². The first-order valence-corrected chi connectivity index (χ1v) is 7.40. The van der Waals surface area contributed by atoms with Crippen molar-refractivity contribution in [3.8, 4) is 5.75 Å². The lowest BCUT2D eigenvalue weighted by atomic mass is 9.90. The zero-order valence-corrected chi connectivity index (χ0v) is 12.3. The molecule has 0 amide bonds. The van der Waals surface area contributed by atoms with Crippen LogP contribution < -0.4 is 10.1 Å². The second kappa shape index (κ2) is 5.62. The number of nitrogens with one attached hydrogen (secondary N) is 1. The minimum atomic E-state index is -0.283. The lowest BCUT2D eigenvalue weighted by Gasteiger charge is -2.36. The minimum Gasteiger partial charge on any atom is -0.495 e. The molecule has 0 unspecified atom stereocenters. The zero-order valence-electron chi connectivity index (χ0n) is 12.3. The summed E-state index contributed by atoms with van der Waals surface area (Å²) in [5.41, 5.74) is 2.32. The van der Waals surface area contributed by atoms with Crippen LogP contribution in [0.4, 0.5) is 5.69 Å². The predicted molar refractivity (Wildman–Crippen MR) is 78.2 cm³/mol. The molecule has 1 heterocycles. The number of ether oxygens (including phenoxy) is 3. The summed E-state index contributed by atoms with van der Waals surface area (Å²) in [7, 11) is 1.71. The van der Waals surface area contributed by atoms with E-state index in [9.17, 15) is 0 Å². The number of hydrogen-bond acceptors (Lipinski definition) is 4. The van der Waals surface area contributed by atoms with Gasteiger partial charge in [0.15, 0.2) is 5.79 Å². The molecule has 0 radical (unpaired) electrons. The third-order valence-corrected chi connectivity index (χ3v) is 4.28. The number of hydrogen-bond donors (Lipinski definition) is 1. The van der Waals surface area contributed by atoms with Gasteiger partial charge in [-0.1, -0.05) is 6.07 Å². The molecule has 4 heteroatoms. The Hall–Kier alpha value is -1.26. The molecular formula is C16H23NO3. The van der Waals surface area contributed by atoms with Crippen LogP contribution in [0.25, 0.3) is 0 Å². The first kappa shape index (κ1) is 13.7. The van der Waals surface area contributed by atoms with Gasteiger partial charge in [0.25, 0.3) is 0 Å². The van der Waals surface area contributed by atoms with E-state index in [1.165, 1.54) is 5.56 Å². The highest BCUT2D eigenvalue weighted by atomic mass is 16.7. The Labute approximate surface area is 120 Å². The minimum absolute atomic E-state index is 0.283. The third kappa shape index (κ3) is 2.76. The molecule has 2 fully saturated rings. The van der Waals surface area contributed by atoms with Crippen LogP contribution in [0.3, 0.4) is 0 Å². The van der Waals surface area contributed by atoms with E-state index in [0.29, 0.717) is 6.04 Å². The van der Waals surface area contributed by atoms with E-state index in [1.54, 1.807) is 7.11 Å². The van der Waals surface area contributed by atoms with Gasteiger partial charge in [0, 0.05) is 18.9 Å². The normalized spacial score (nSPS) is 22.1. The van der Waals surface area contributed by atoms with Crippen molar-refractivity contribution in [3.63, 3.8) is 0 Å². The third-order valence-electron chi connectivity index (χ3n) is 4.28. The maximum absolute atomic E-state index is 5.77. The molecule has 4 nitrogen and oxygen atoms in total. The Morgan fingerprint density at radius 3 is 2.55 bits per heavy atom. The van der Waals surface area contributed by atoms with Crippen LogP contribution in [-0.4, -0.2) is 32.2 Å². The van der Waals surface area contributed by atoms with Gasteiger partial charge in [0.2, 0.25) is 0 Å². The Bertz CT molecular complexity index is 459. The first-order valence-electron chi connectivity index (χ1n) is 7.40. The van der Waals surface area contributed by atoms with Crippen LogP contribution >= 0.6 is 0 Å². The van der Waals surface area contributed by atoms with Crippen LogP contribution in [0.5, 0.6) is 5.75 Å². The number of aryl methyl sites for hydroxylation is 1. The fourth-order valence-electron chi connectivity index (χ4n) is 3.14. The van der Waals surface area contributed by atoms with E-state index < -0.39 is 0 Å². The number of methoxy groups -OCH3 is 1. The molecule has 20 heavy (non-hydrogen) atoms. The molecule has 1 aromatic carbocycles. The molecule has 1 N–H and O–H groups in total. The summed E-state index contributed by atoms with van der Waals surface area (Å²) in [5.74, 6) is 0.624. The summed E-state index contributed by atoms with van der Waals surface area (Å²) in [5, 5.41) is 3.61. The molecule has 0 aromatic heterocycles. The van der Waals surface area contributed by atoms with Gasteiger partial charge in [0.05, 0.1) is 26.0 Å². The Kier molecular flexibility index (Phi) is 3.85. The Morgan fingerprint density at radius 2 is 1.90 bits per heavy atom. The second-order valence-corrected chi connectivity index (χ2v) is 5.73. The monoisotopic (exact) mass is 277 g/mol. The van der Waals surface area contributed by atoms with E-state index in [0.717, 1.165) is 50.3 Å². The largest absolute Gasteiger partial charge is 0.495 e. The number of benzene rings is 1. The molecule has 2 aliphatic rings. The molecule has 0 atom stereocenters. The summed E-state index contributed by atoms with van der Waals surface area (Å²) in [6, 6.07) is 6.70. The van der Waals surface area contributed by atoms with Gasteiger partial charge in [-0.15, -0.1) is 0 Å². The second-order valence-electron chi connectivity index (χ2n) is 5.73. The van der Waals surface area contributed by atoms with Crippen LogP contribution in [0.15, 0.2) is 18.2 Å². The van der Waals surface area contributed by atoms with E-state index in [2.05, 4.69) is 24.4 Å². The van der Waals surface area contributed by atoms with E-state index in [1.807, 2.05) is 6.07 Å². The Morgan fingerprint density at radius 1 is 1.20 bits per heavy atom. The van der Waals surface area contributed by atoms with Crippen molar-refractivity contribution in [1.29, 1.82) is 0 Å². The summed E-state index contributed by atoms with van der Waals surface area (Å²) in [6.45, 7) is 3.58. The number of rotatable bonds is 3. The van der Waals surface area contributed by atoms with Crippen LogP contribution in [-0.2, 0) is 9.47 Å². The standard InChI is InChI=1S/C16H23NO3/c1-12-3-4-15(18-2)14(11-12)17-13-5-7-16(8-6-13)19-9-10-20-16/h3-4,11,13,17H,5-10H2,1-2H3. The van der Waals surface area contributed by atoms with Gasteiger partial charge in [-0.3, -0.25) is 0 Å². The van der Waals surface area contributed by atoms with E-state index in [-0.39, 0.29) is 5.79 Å². The van der Waals surface area contributed by atoms with Crippen molar-refractivity contribution in [1.82, 2.24) is 0 Å². The molecule has 1 saturated carbocycles. The SMILES string of the molecule is COc1ccc(C)cc1NC1CCC2(CC1)OCCO2. The summed E-state index contributed by atoms with van der Waals surface area (Å²) in [6.07, 6.45) is 4.08. The first-order chi connectivity index (χ1) is 9.71. The van der Waals surface area contributed by atoms with Crippen LogP contribution in [0, 0.1) is 6.92 Å². The van der Waals surface area contributed by atoms with Gasteiger partial charge in [-0.25, -0.2) is 0 Å². The lowest BCUT2D eigenvalue weighted by Crippen LogP contribution is -2.39. The summed E-state index contributed by atoms with van der Waals surface area (Å²) in [4.78, 5) is 0. The van der Waals surface area contributed by atoms with E-state index >= 15 is 0 Å². The Balaban J connectivity index is 1.63. The molecule has 3 rings (SSSR count). The van der Waals surface area contributed by atoms with E-state index in [4.69, 9.17) is 14.2 Å². The maximum atomic E-state index is 5.77. The summed E-state index contributed by atoms with van der Waals surface area (Å²) < 4.78 is 17.0. The maximum Gasteiger partial charge on any atom is 0.168 e. The summed E-state index contributed by atoms with van der Waals surface area (Å²) >= 11 is 0. The number of anilines is 1. The molecule has 1 aromatic rings. The van der Waals surface area contributed by atoms with Crippen molar-refractivity contribution >= 4 is 5.69 Å². The topological polar surface area (TPSA) is 39.7 Å². The zero-order chi connectivity index (χ0) is 14.0. The lowest BCUT2D eigenvalue weighted by molar-refractivity contribution is -0.177. The molecule has 1 saturated heterocycles. The molecular weight excluding hydrogens is 254 g/mol. The fourth-order valence-corrected chi connectivity index (χ4v) is 3.14. The van der Waals surface area contributed by atoms with Gasteiger partial charge in [-0.05, 0) is 37.5 Å². The van der Waals surface area contributed by atoms with Crippen molar-refractivity contribution in [2.75, 3.05) is 25.6 Å². The smallest absolute Gasteiger partial charge is 0.168 e. The van der Waals surface area contributed by atoms with Crippen LogP contribution in [0.1, 0.15) is 31.2 Å².